The summed E-state index contributed by atoms with van der Waals surface area (Å²) in [6.07, 6.45) is 4.16. The van der Waals surface area contributed by atoms with Gasteiger partial charge in [0.2, 0.25) is 0 Å². The van der Waals surface area contributed by atoms with E-state index < -0.39 is 0 Å². The first kappa shape index (κ1) is 12.7. The van der Waals surface area contributed by atoms with Gasteiger partial charge in [-0.2, -0.15) is 0 Å². The van der Waals surface area contributed by atoms with Gasteiger partial charge in [0.1, 0.15) is 6.17 Å². The molecule has 0 aliphatic carbocycles. The van der Waals surface area contributed by atoms with Crippen LogP contribution in [0.3, 0.4) is 0 Å². The van der Waals surface area contributed by atoms with Gasteiger partial charge in [-0.25, -0.2) is 0 Å². The molecule has 0 spiro atoms. The lowest BCUT2D eigenvalue weighted by molar-refractivity contribution is 0.625. The van der Waals surface area contributed by atoms with Crippen LogP contribution in [0, 0.1) is 6.92 Å². The Balaban J connectivity index is 2.82. The molecule has 0 bridgehead atoms. The van der Waals surface area contributed by atoms with Crippen LogP contribution < -0.4 is 11.1 Å². The predicted molar refractivity (Wildman–Crippen MR) is 70.8 cm³/mol. The maximum absolute atomic E-state index is 5.79. The third-order valence-corrected chi connectivity index (χ3v) is 2.56. The zero-order valence-corrected chi connectivity index (χ0v) is 10.3. The topological polar surface area (TPSA) is 50.4 Å². The van der Waals surface area contributed by atoms with Crippen LogP contribution in [0.25, 0.3) is 0 Å². The van der Waals surface area contributed by atoms with Crippen LogP contribution in [-0.4, -0.2) is 13.3 Å². The third kappa shape index (κ3) is 3.35. The molecular weight excluding hydrogens is 198 g/mol. The first-order valence-corrected chi connectivity index (χ1v) is 5.74. The average Bonchev–Trinajstić information content (AvgIpc) is 2.29. The summed E-state index contributed by atoms with van der Waals surface area (Å²) in [5.74, 6) is 0. The predicted octanol–water partition coefficient (Wildman–Crippen LogP) is 2.67. The second kappa shape index (κ2) is 6.28. The Labute approximate surface area is 97.8 Å². The van der Waals surface area contributed by atoms with E-state index in [1.165, 1.54) is 0 Å². The number of nitrogens with zero attached hydrogens (tertiary/aromatic N) is 1. The maximum atomic E-state index is 5.79. The quantitative estimate of drug-likeness (QED) is 0.591. The van der Waals surface area contributed by atoms with E-state index in [1.807, 2.05) is 32.3 Å². The summed E-state index contributed by atoms with van der Waals surface area (Å²) in [4.78, 5) is 4.50. The number of aryl methyl sites for hydroxylation is 1. The van der Waals surface area contributed by atoms with Gasteiger partial charge in [-0.15, -0.1) is 0 Å². The molecule has 0 heterocycles. The molecule has 3 N–H and O–H groups in total. The highest BCUT2D eigenvalue weighted by Crippen LogP contribution is 2.19. The molecule has 1 rings (SSSR count). The molecule has 1 aromatic carbocycles. The molecule has 0 saturated heterocycles. The Morgan fingerprint density at radius 1 is 1.50 bits per heavy atom. The van der Waals surface area contributed by atoms with E-state index in [9.17, 15) is 0 Å². The number of nitrogen functional groups attached to an aromatic ring is 1. The fourth-order valence-corrected chi connectivity index (χ4v) is 1.51. The van der Waals surface area contributed by atoms with Crippen molar-refractivity contribution in [1.29, 1.82) is 0 Å². The lowest BCUT2D eigenvalue weighted by Crippen LogP contribution is -2.14. The van der Waals surface area contributed by atoms with E-state index in [0.29, 0.717) is 0 Å². The van der Waals surface area contributed by atoms with Crippen molar-refractivity contribution in [2.45, 2.75) is 32.9 Å². The lowest BCUT2D eigenvalue weighted by atomic mass is 10.1. The first-order chi connectivity index (χ1) is 7.69. The summed E-state index contributed by atoms with van der Waals surface area (Å²) in [7, 11) is 1.92. The largest absolute Gasteiger partial charge is 0.399 e. The molecule has 3 heteroatoms. The highest BCUT2D eigenvalue weighted by atomic mass is 15.0. The van der Waals surface area contributed by atoms with E-state index >= 15 is 0 Å². The molecule has 3 nitrogen and oxygen atoms in total. The van der Waals surface area contributed by atoms with Gasteiger partial charge >= 0.3 is 0 Å². The second-order valence-corrected chi connectivity index (χ2v) is 3.93. The van der Waals surface area contributed by atoms with Gasteiger partial charge < -0.3 is 5.73 Å². The zero-order chi connectivity index (χ0) is 12.0. The first-order valence-electron chi connectivity index (χ1n) is 5.74. The monoisotopic (exact) mass is 219 g/mol. The van der Waals surface area contributed by atoms with Crippen LogP contribution in [0.5, 0.6) is 0 Å². The van der Waals surface area contributed by atoms with Crippen molar-refractivity contribution < 1.29 is 0 Å². The van der Waals surface area contributed by atoms with Gasteiger partial charge in [0.05, 0.1) is 0 Å². The second-order valence-electron chi connectivity index (χ2n) is 3.93. The van der Waals surface area contributed by atoms with Gasteiger partial charge in [-0.3, -0.25) is 10.3 Å². The molecule has 0 aromatic heterocycles. The molecule has 16 heavy (non-hydrogen) atoms. The Morgan fingerprint density at radius 2 is 2.25 bits per heavy atom. The van der Waals surface area contributed by atoms with Crippen LogP contribution >= 0.6 is 0 Å². The molecule has 0 aliphatic rings. The number of aliphatic imine (C=N–C) groups is 1. The SMILES string of the molecule is CCC/C=N\C(NC)c1ccc(N)c(C)c1. The van der Waals surface area contributed by atoms with Crippen LogP contribution in [0.1, 0.15) is 37.1 Å². The molecular formula is C13H21N3. The summed E-state index contributed by atoms with van der Waals surface area (Å²) in [6, 6.07) is 6.04. The Bertz CT molecular complexity index is 358. The van der Waals surface area contributed by atoms with Crippen molar-refractivity contribution in [3.63, 3.8) is 0 Å². The number of nitrogens with two attached hydrogens (primary N) is 1. The van der Waals surface area contributed by atoms with Gasteiger partial charge in [0.15, 0.2) is 0 Å². The standard InChI is InChI=1S/C13H21N3/c1-4-5-8-16-13(15-3)11-6-7-12(14)10(2)9-11/h6-9,13,15H,4-5,14H2,1-3H3/b16-8-. The van der Waals surface area contributed by atoms with E-state index in [2.05, 4.69) is 23.3 Å². The summed E-state index contributed by atoms with van der Waals surface area (Å²) in [6.45, 7) is 4.16. The summed E-state index contributed by atoms with van der Waals surface area (Å²) < 4.78 is 0. The van der Waals surface area contributed by atoms with Crippen LogP contribution in [0.4, 0.5) is 5.69 Å². The van der Waals surface area contributed by atoms with Gasteiger partial charge in [-0.1, -0.05) is 25.5 Å². The molecule has 1 aromatic rings. The summed E-state index contributed by atoms with van der Waals surface area (Å²) in [5.41, 5.74) is 8.88. The van der Waals surface area contributed by atoms with Gasteiger partial charge in [-0.05, 0) is 37.6 Å². The number of rotatable bonds is 5. The molecule has 0 amide bonds. The van der Waals surface area contributed by atoms with Crippen LogP contribution in [0.2, 0.25) is 0 Å². The van der Waals surface area contributed by atoms with Crippen molar-refractivity contribution in [3.05, 3.63) is 29.3 Å². The van der Waals surface area contributed by atoms with Gasteiger partial charge in [0.25, 0.3) is 0 Å². The van der Waals surface area contributed by atoms with Crippen molar-refractivity contribution in [2.75, 3.05) is 12.8 Å². The fraction of sp³-hybridized carbons (Fsp3) is 0.462. The smallest absolute Gasteiger partial charge is 0.124 e. The van der Waals surface area contributed by atoms with Crippen molar-refractivity contribution in [3.8, 4) is 0 Å². The third-order valence-electron chi connectivity index (χ3n) is 2.56. The Morgan fingerprint density at radius 3 is 2.81 bits per heavy atom. The fourth-order valence-electron chi connectivity index (χ4n) is 1.51. The highest BCUT2D eigenvalue weighted by molar-refractivity contribution is 5.58. The van der Waals surface area contributed by atoms with Crippen LogP contribution in [-0.2, 0) is 0 Å². The normalized spacial score (nSPS) is 13.2. The zero-order valence-electron chi connectivity index (χ0n) is 10.3. The molecule has 1 unspecified atom stereocenters. The number of benzene rings is 1. The number of nitrogens with one attached hydrogen (secondary N) is 1. The number of unbranched alkanes of at least 4 members (excludes halogenated alkanes) is 1. The minimum atomic E-state index is 0.0332. The lowest BCUT2D eigenvalue weighted by Gasteiger charge is -2.13. The van der Waals surface area contributed by atoms with Crippen molar-refractivity contribution in [2.24, 2.45) is 4.99 Å². The minimum absolute atomic E-state index is 0.0332. The van der Waals surface area contributed by atoms with Gasteiger partial charge in [0, 0.05) is 11.9 Å². The van der Waals surface area contributed by atoms with Crippen molar-refractivity contribution >= 4 is 11.9 Å². The number of hydrogen-bond donors (Lipinski definition) is 2. The highest BCUT2D eigenvalue weighted by Gasteiger charge is 2.06. The summed E-state index contributed by atoms with van der Waals surface area (Å²) >= 11 is 0. The number of hydrogen-bond acceptors (Lipinski definition) is 3. The molecule has 0 aliphatic heterocycles. The molecule has 0 saturated carbocycles. The van der Waals surface area contributed by atoms with E-state index in [-0.39, 0.29) is 6.17 Å². The van der Waals surface area contributed by atoms with E-state index in [1.54, 1.807) is 0 Å². The molecule has 0 radical (unpaired) electrons. The molecule has 0 fully saturated rings. The summed E-state index contributed by atoms with van der Waals surface area (Å²) in [5, 5.41) is 3.19. The Kier molecular flexibility index (Phi) is 4.99. The van der Waals surface area contributed by atoms with E-state index in [0.717, 1.165) is 29.7 Å². The molecule has 1 atom stereocenters. The maximum Gasteiger partial charge on any atom is 0.124 e. The number of anilines is 1. The minimum Gasteiger partial charge on any atom is -0.399 e. The van der Waals surface area contributed by atoms with E-state index in [4.69, 9.17) is 5.73 Å². The molecule has 88 valence electrons. The average molecular weight is 219 g/mol. The van der Waals surface area contributed by atoms with Crippen molar-refractivity contribution in [1.82, 2.24) is 5.32 Å². The van der Waals surface area contributed by atoms with Crippen LogP contribution in [0.15, 0.2) is 23.2 Å². The Hall–Kier alpha value is -1.35.